The number of halogens is 1. The summed E-state index contributed by atoms with van der Waals surface area (Å²) < 4.78 is 16.7. The molecule has 1 aliphatic rings. The van der Waals surface area contributed by atoms with Gasteiger partial charge in [0.05, 0.1) is 17.6 Å². The van der Waals surface area contributed by atoms with Crippen molar-refractivity contribution in [3.8, 4) is 11.1 Å². The SMILES string of the molecule is Cc1c(N)cncc1-c1cc2cc(NC(=O)C3CC3(C)C)ncc2c(N)c1F.Cn1cccn1. The fourth-order valence-corrected chi connectivity index (χ4v) is 3.85. The number of benzene rings is 1. The third kappa shape index (κ3) is 4.54. The average Bonchev–Trinajstić information content (AvgIpc) is 3.17. The number of nitrogen functional groups attached to an aromatic ring is 2. The first-order valence-electron chi connectivity index (χ1n) is 10.9. The summed E-state index contributed by atoms with van der Waals surface area (Å²) in [6.07, 6.45) is 9.07. The number of anilines is 3. The van der Waals surface area contributed by atoms with Crippen LogP contribution in [0.4, 0.5) is 21.6 Å². The van der Waals surface area contributed by atoms with Crippen LogP contribution in [0, 0.1) is 24.1 Å². The van der Waals surface area contributed by atoms with E-state index in [4.69, 9.17) is 11.5 Å². The van der Waals surface area contributed by atoms with Gasteiger partial charge in [-0.25, -0.2) is 9.37 Å². The summed E-state index contributed by atoms with van der Waals surface area (Å²) in [6, 6.07) is 5.28. The molecule has 0 bridgehead atoms. The minimum atomic E-state index is -0.540. The van der Waals surface area contributed by atoms with E-state index in [2.05, 4.69) is 34.2 Å². The molecule has 9 heteroatoms. The van der Waals surface area contributed by atoms with Crippen molar-refractivity contribution in [3.05, 3.63) is 60.6 Å². The maximum Gasteiger partial charge on any atom is 0.229 e. The van der Waals surface area contributed by atoms with Gasteiger partial charge in [0.15, 0.2) is 5.82 Å². The lowest BCUT2D eigenvalue weighted by atomic mass is 9.97. The molecule has 3 heterocycles. The highest BCUT2D eigenvalue weighted by Crippen LogP contribution is 2.52. The average molecular weight is 462 g/mol. The van der Waals surface area contributed by atoms with Crippen molar-refractivity contribution in [2.24, 2.45) is 18.4 Å². The smallest absolute Gasteiger partial charge is 0.229 e. The molecule has 0 spiro atoms. The normalized spacial score (nSPS) is 16.0. The Bertz CT molecular complexity index is 1370. The number of aryl methyl sites for hydroxylation is 1. The van der Waals surface area contributed by atoms with Crippen molar-refractivity contribution in [1.29, 1.82) is 0 Å². The number of aromatic nitrogens is 4. The first kappa shape index (κ1) is 23.2. The molecule has 1 amide bonds. The zero-order valence-corrected chi connectivity index (χ0v) is 19.6. The summed E-state index contributed by atoms with van der Waals surface area (Å²) >= 11 is 0. The first-order chi connectivity index (χ1) is 16.1. The summed E-state index contributed by atoms with van der Waals surface area (Å²) in [5, 5.41) is 7.85. The molecule has 1 aliphatic carbocycles. The molecular formula is C25H28FN7O. The number of fused-ring (bicyclic) bond motifs is 1. The zero-order valence-electron chi connectivity index (χ0n) is 19.6. The van der Waals surface area contributed by atoms with Crippen LogP contribution in [-0.2, 0) is 11.8 Å². The van der Waals surface area contributed by atoms with Gasteiger partial charge in [0.2, 0.25) is 5.91 Å². The largest absolute Gasteiger partial charge is 0.397 e. The maximum absolute atomic E-state index is 14.9. The number of rotatable bonds is 3. The Morgan fingerprint density at radius 2 is 1.94 bits per heavy atom. The van der Waals surface area contributed by atoms with Crippen molar-refractivity contribution in [2.75, 3.05) is 16.8 Å². The molecule has 1 fully saturated rings. The minimum Gasteiger partial charge on any atom is -0.397 e. The van der Waals surface area contributed by atoms with Crippen LogP contribution < -0.4 is 16.8 Å². The second kappa shape index (κ2) is 8.74. The Kier molecular flexibility index (Phi) is 5.95. The molecule has 1 unspecified atom stereocenters. The Labute approximate surface area is 197 Å². The van der Waals surface area contributed by atoms with E-state index >= 15 is 0 Å². The van der Waals surface area contributed by atoms with E-state index in [0.29, 0.717) is 33.4 Å². The molecule has 1 saturated carbocycles. The summed E-state index contributed by atoms with van der Waals surface area (Å²) in [5.74, 6) is -0.191. The van der Waals surface area contributed by atoms with Gasteiger partial charge in [0.1, 0.15) is 5.82 Å². The van der Waals surface area contributed by atoms with Crippen LogP contribution in [-0.4, -0.2) is 25.7 Å². The van der Waals surface area contributed by atoms with Crippen molar-refractivity contribution >= 4 is 33.9 Å². The predicted octanol–water partition coefficient (Wildman–Crippen LogP) is 4.31. The molecule has 8 nitrogen and oxygen atoms in total. The second-order valence-electron chi connectivity index (χ2n) is 9.26. The predicted molar refractivity (Wildman–Crippen MR) is 132 cm³/mol. The zero-order chi connectivity index (χ0) is 24.6. The maximum atomic E-state index is 14.9. The summed E-state index contributed by atoms with van der Waals surface area (Å²) in [6.45, 7) is 5.92. The van der Waals surface area contributed by atoms with Crippen LogP contribution in [0.1, 0.15) is 25.8 Å². The van der Waals surface area contributed by atoms with Gasteiger partial charge in [-0.15, -0.1) is 0 Å². The molecule has 1 aromatic carbocycles. The number of carbonyl (C=O) groups excluding carboxylic acids is 1. The van der Waals surface area contributed by atoms with Crippen LogP contribution in [0.3, 0.4) is 0 Å². The molecule has 3 aromatic heterocycles. The molecule has 5 rings (SSSR count). The topological polar surface area (TPSA) is 125 Å². The van der Waals surface area contributed by atoms with E-state index in [0.717, 1.165) is 12.0 Å². The van der Waals surface area contributed by atoms with Gasteiger partial charge in [-0.3, -0.25) is 14.5 Å². The number of amides is 1. The Balaban J connectivity index is 0.000000398. The van der Waals surface area contributed by atoms with E-state index in [1.54, 1.807) is 29.2 Å². The van der Waals surface area contributed by atoms with Gasteiger partial charge in [0, 0.05) is 54.3 Å². The van der Waals surface area contributed by atoms with Crippen molar-refractivity contribution in [2.45, 2.75) is 27.2 Å². The number of nitrogens with zero attached hydrogens (tertiary/aromatic N) is 4. The molecule has 176 valence electrons. The number of pyridine rings is 2. The number of hydrogen-bond donors (Lipinski definition) is 3. The lowest BCUT2D eigenvalue weighted by molar-refractivity contribution is -0.118. The molecule has 0 aliphatic heterocycles. The van der Waals surface area contributed by atoms with Gasteiger partial charge in [-0.1, -0.05) is 13.8 Å². The van der Waals surface area contributed by atoms with Crippen LogP contribution >= 0.6 is 0 Å². The van der Waals surface area contributed by atoms with E-state index < -0.39 is 5.82 Å². The van der Waals surface area contributed by atoms with Crippen molar-refractivity contribution in [3.63, 3.8) is 0 Å². The Hall–Kier alpha value is -4.01. The first-order valence-corrected chi connectivity index (χ1v) is 10.9. The van der Waals surface area contributed by atoms with Crippen LogP contribution in [0.5, 0.6) is 0 Å². The second-order valence-corrected chi connectivity index (χ2v) is 9.26. The molecular weight excluding hydrogens is 433 g/mol. The van der Waals surface area contributed by atoms with Gasteiger partial charge in [0.25, 0.3) is 0 Å². The Morgan fingerprint density at radius 1 is 1.21 bits per heavy atom. The van der Waals surface area contributed by atoms with Gasteiger partial charge < -0.3 is 16.8 Å². The third-order valence-electron chi connectivity index (χ3n) is 6.26. The summed E-state index contributed by atoms with van der Waals surface area (Å²) in [5.41, 5.74) is 14.1. The van der Waals surface area contributed by atoms with Gasteiger partial charge in [-0.05, 0) is 47.9 Å². The fraction of sp³-hybridized carbons (Fsp3) is 0.280. The highest BCUT2D eigenvalue weighted by molar-refractivity contribution is 6.00. The van der Waals surface area contributed by atoms with Gasteiger partial charge >= 0.3 is 0 Å². The quantitative estimate of drug-likeness (QED) is 0.390. The van der Waals surface area contributed by atoms with E-state index in [-0.39, 0.29) is 22.9 Å². The van der Waals surface area contributed by atoms with E-state index in [9.17, 15) is 9.18 Å². The number of hydrogen-bond acceptors (Lipinski definition) is 6. The van der Waals surface area contributed by atoms with Crippen LogP contribution in [0.2, 0.25) is 0 Å². The number of nitrogens with two attached hydrogens (primary N) is 2. The molecule has 1 atom stereocenters. The molecule has 0 saturated heterocycles. The third-order valence-corrected chi connectivity index (χ3v) is 6.26. The highest BCUT2D eigenvalue weighted by Gasteiger charge is 2.50. The summed E-state index contributed by atoms with van der Waals surface area (Å²) in [4.78, 5) is 20.7. The van der Waals surface area contributed by atoms with Crippen molar-refractivity contribution < 1.29 is 9.18 Å². The van der Waals surface area contributed by atoms with E-state index in [1.165, 1.54) is 12.4 Å². The lowest BCUT2D eigenvalue weighted by Crippen LogP contribution is -2.17. The number of nitrogens with one attached hydrogen (secondary N) is 1. The summed E-state index contributed by atoms with van der Waals surface area (Å²) in [7, 11) is 1.89. The number of carbonyl (C=O) groups is 1. The molecule has 34 heavy (non-hydrogen) atoms. The van der Waals surface area contributed by atoms with Crippen molar-refractivity contribution in [1.82, 2.24) is 19.7 Å². The fourth-order valence-electron chi connectivity index (χ4n) is 3.85. The molecule has 4 aromatic rings. The lowest BCUT2D eigenvalue weighted by Gasteiger charge is -2.13. The Morgan fingerprint density at radius 3 is 2.53 bits per heavy atom. The highest BCUT2D eigenvalue weighted by atomic mass is 19.1. The minimum absolute atomic E-state index is 0.00280. The van der Waals surface area contributed by atoms with Crippen LogP contribution in [0.25, 0.3) is 21.9 Å². The molecule has 0 radical (unpaired) electrons. The molecule has 5 N–H and O–H groups in total. The van der Waals surface area contributed by atoms with E-state index in [1.807, 2.05) is 26.2 Å². The van der Waals surface area contributed by atoms with Crippen LogP contribution in [0.15, 0.2) is 49.2 Å². The monoisotopic (exact) mass is 461 g/mol. The standard InChI is InChI=1S/C21H22FN5O.C4H6N2/c1-10-13(7-25-9-16(10)23)12-4-11-5-17(26-8-14(11)19(24)18(12)22)27-20(28)15-6-21(15,2)3;1-6-4-2-3-5-6/h4-5,7-9,15H,6,23-24H2,1-3H3,(H,26,27,28);2-4H,1H3. The van der Waals surface area contributed by atoms with Gasteiger partial charge in [-0.2, -0.15) is 5.10 Å².